The second kappa shape index (κ2) is 9.20. The predicted molar refractivity (Wildman–Crippen MR) is 124 cm³/mol. The summed E-state index contributed by atoms with van der Waals surface area (Å²) < 4.78 is 82.5. The van der Waals surface area contributed by atoms with E-state index in [-0.39, 0.29) is 23.0 Å². The number of anilines is 1. The lowest BCUT2D eigenvalue weighted by atomic mass is 9.96. The van der Waals surface area contributed by atoms with E-state index >= 15 is 0 Å². The lowest BCUT2D eigenvalue weighted by Gasteiger charge is -2.41. The van der Waals surface area contributed by atoms with Crippen molar-refractivity contribution in [2.24, 2.45) is 0 Å². The highest BCUT2D eigenvalue weighted by Gasteiger charge is 2.44. The summed E-state index contributed by atoms with van der Waals surface area (Å²) in [6.45, 7) is 2.68. The number of piperidine rings is 1. The van der Waals surface area contributed by atoms with Crippen LogP contribution in [0, 0.1) is 5.82 Å². The molecule has 3 atom stereocenters. The topological polar surface area (TPSA) is 88.6 Å². The molecule has 1 aromatic carbocycles. The molecular formula is C24H27F4N3O4S. The van der Waals surface area contributed by atoms with Crippen molar-refractivity contribution in [3.8, 4) is 5.75 Å². The number of ether oxygens (including phenoxy) is 1. The summed E-state index contributed by atoms with van der Waals surface area (Å²) in [5.41, 5.74) is -2.85. The average Bonchev–Trinajstić information content (AvgIpc) is 3.02. The number of carbonyl (C=O) groups is 1. The van der Waals surface area contributed by atoms with Gasteiger partial charge in [0.25, 0.3) is 5.91 Å². The molecule has 0 spiro atoms. The van der Waals surface area contributed by atoms with Gasteiger partial charge in [-0.25, -0.2) is 17.8 Å². The zero-order valence-corrected chi connectivity index (χ0v) is 20.8. The monoisotopic (exact) mass is 529 g/mol. The Kier molecular flexibility index (Phi) is 6.69. The Hall–Kier alpha value is -2.89. The molecule has 0 unspecified atom stereocenters. The summed E-state index contributed by atoms with van der Waals surface area (Å²) in [6.07, 6.45) is 0.581. The molecule has 12 heteroatoms. The molecule has 1 N–H and O–H groups in total. The summed E-state index contributed by atoms with van der Waals surface area (Å²) in [5, 5.41) is 2.89. The fraction of sp³-hybridized carbons (Fsp3) is 0.500. The molecule has 1 amide bonds. The number of benzene rings is 1. The van der Waals surface area contributed by atoms with Crippen LogP contribution < -0.4 is 15.0 Å². The lowest BCUT2D eigenvalue weighted by molar-refractivity contribution is -0.143. The Morgan fingerprint density at radius 2 is 1.75 bits per heavy atom. The molecule has 0 aliphatic carbocycles. The Bertz CT molecular complexity index is 1230. The maximum atomic E-state index is 13.6. The van der Waals surface area contributed by atoms with E-state index in [1.165, 1.54) is 26.1 Å². The summed E-state index contributed by atoms with van der Waals surface area (Å²) in [6, 6.07) is 4.99. The third kappa shape index (κ3) is 5.42. The van der Waals surface area contributed by atoms with Gasteiger partial charge in [0.15, 0.2) is 15.4 Å². The zero-order chi connectivity index (χ0) is 26.5. The van der Waals surface area contributed by atoms with Crippen molar-refractivity contribution in [3.05, 3.63) is 47.9 Å². The van der Waals surface area contributed by atoms with E-state index in [0.717, 1.165) is 19.1 Å². The molecule has 7 nitrogen and oxygen atoms in total. The van der Waals surface area contributed by atoms with Crippen molar-refractivity contribution >= 4 is 21.6 Å². The minimum absolute atomic E-state index is 0.0646. The van der Waals surface area contributed by atoms with Crippen molar-refractivity contribution in [3.63, 3.8) is 0 Å². The first-order valence-corrected chi connectivity index (χ1v) is 13.4. The van der Waals surface area contributed by atoms with Crippen LogP contribution >= 0.6 is 0 Å². The third-order valence-electron chi connectivity index (χ3n) is 6.64. The molecule has 2 aliphatic rings. The molecule has 2 aliphatic heterocycles. The number of fused-ring (bicyclic) bond motifs is 2. The van der Waals surface area contributed by atoms with Gasteiger partial charge in [0, 0.05) is 36.6 Å². The normalized spacial score (nSPS) is 22.4. The molecule has 196 valence electrons. The van der Waals surface area contributed by atoms with Gasteiger partial charge in [-0.05, 0) is 63.8 Å². The van der Waals surface area contributed by atoms with Gasteiger partial charge in [0.1, 0.15) is 17.4 Å². The van der Waals surface area contributed by atoms with Crippen molar-refractivity contribution in [2.45, 2.75) is 74.3 Å². The maximum absolute atomic E-state index is 13.6. The molecule has 2 aromatic rings. The molecule has 36 heavy (non-hydrogen) atoms. The molecule has 1 aromatic heterocycles. The molecule has 0 radical (unpaired) electrons. The SMILES string of the molecule is CC(C)(Oc1cc(F)ccc1C(F)(F)F)C(=O)N[C@H]1C[C@H]2CC[C@@H](C1)N2c1ccc(S(C)(=O)=O)cn1. The number of aromatic nitrogens is 1. The smallest absolute Gasteiger partial charge is 0.419 e. The second-order valence-electron chi connectivity index (χ2n) is 9.81. The molecule has 2 fully saturated rings. The fourth-order valence-corrected chi connectivity index (χ4v) is 5.47. The van der Waals surface area contributed by atoms with Gasteiger partial charge < -0.3 is 15.0 Å². The average molecular weight is 530 g/mol. The predicted octanol–water partition coefficient (Wildman–Crippen LogP) is 4.12. The zero-order valence-electron chi connectivity index (χ0n) is 20.0. The van der Waals surface area contributed by atoms with Crippen LogP contribution in [0.2, 0.25) is 0 Å². The highest BCUT2D eigenvalue weighted by molar-refractivity contribution is 7.90. The van der Waals surface area contributed by atoms with E-state index in [4.69, 9.17) is 4.74 Å². The highest BCUT2D eigenvalue weighted by Crippen LogP contribution is 2.40. The van der Waals surface area contributed by atoms with E-state index in [1.54, 1.807) is 6.07 Å². The van der Waals surface area contributed by atoms with Crippen LogP contribution in [0.4, 0.5) is 23.4 Å². The van der Waals surface area contributed by atoms with E-state index in [2.05, 4.69) is 15.2 Å². The quantitative estimate of drug-likeness (QED) is 0.567. The van der Waals surface area contributed by atoms with Crippen LogP contribution in [0.25, 0.3) is 0 Å². The van der Waals surface area contributed by atoms with Gasteiger partial charge in [-0.15, -0.1) is 0 Å². The van der Waals surface area contributed by atoms with E-state index in [1.807, 2.05) is 0 Å². The van der Waals surface area contributed by atoms with Crippen LogP contribution in [0.1, 0.15) is 45.1 Å². The number of rotatable bonds is 6. The Morgan fingerprint density at radius 3 is 2.28 bits per heavy atom. The van der Waals surface area contributed by atoms with Gasteiger partial charge >= 0.3 is 6.18 Å². The second-order valence-corrected chi connectivity index (χ2v) is 11.8. The summed E-state index contributed by atoms with van der Waals surface area (Å²) in [5.74, 6) is -1.60. The number of nitrogens with zero attached hydrogens (tertiary/aromatic N) is 2. The van der Waals surface area contributed by atoms with Gasteiger partial charge in [0.05, 0.1) is 10.5 Å². The van der Waals surface area contributed by atoms with Crippen molar-refractivity contribution in [1.82, 2.24) is 10.3 Å². The number of amides is 1. The van der Waals surface area contributed by atoms with Crippen LogP contribution in [-0.4, -0.2) is 49.3 Å². The van der Waals surface area contributed by atoms with E-state index in [0.29, 0.717) is 36.9 Å². The van der Waals surface area contributed by atoms with Gasteiger partial charge in [-0.1, -0.05) is 0 Å². The Balaban J connectivity index is 1.44. The number of carbonyl (C=O) groups excluding carboxylic acids is 1. The summed E-state index contributed by atoms with van der Waals surface area (Å²) in [4.78, 5) is 19.6. The van der Waals surface area contributed by atoms with Crippen LogP contribution in [0.3, 0.4) is 0 Å². The minimum atomic E-state index is -4.77. The van der Waals surface area contributed by atoms with Gasteiger partial charge in [-0.2, -0.15) is 13.2 Å². The summed E-state index contributed by atoms with van der Waals surface area (Å²) in [7, 11) is -3.36. The first-order chi connectivity index (χ1) is 16.6. The summed E-state index contributed by atoms with van der Waals surface area (Å²) >= 11 is 0. The number of sulfone groups is 1. The number of hydrogen-bond donors (Lipinski definition) is 1. The van der Waals surface area contributed by atoms with E-state index in [9.17, 15) is 30.8 Å². The molecule has 4 rings (SSSR count). The Labute approximate surface area is 206 Å². The van der Waals surface area contributed by atoms with Crippen molar-refractivity contribution in [1.29, 1.82) is 0 Å². The molecule has 2 saturated heterocycles. The van der Waals surface area contributed by atoms with Crippen LogP contribution in [0.15, 0.2) is 41.4 Å². The van der Waals surface area contributed by atoms with Crippen molar-refractivity contribution in [2.75, 3.05) is 11.2 Å². The lowest BCUT2D eigenvalue weighted by Crippen LogP contribution is -2.55. The molecule has 0 saturated carbocycles. The maximum Gasteiger partial charge on any atom is 0.419 e. The van der Waals surface area contributed by atoms with Crippen molar-refractivity contribution < 1.29 is 35.5 Å². The van der Waals surface area contributed by atoms with E-state index < -0.39 is 44.7 Å². The number of hydrogen-bond acceptors (Lipinski definition) is 6. The number of nitrogens with one attached hydrogen (secondary N) is 1. The number of halogens is 4. The molecule has 2 bridgehead atoms. The third-order valence-corrected chi connectivity index (χ3v) is 7.74. The van der Waals surface area contributed by atoms with Crippen LogP contribution in [0.5, 0.6) is 5.75 Å². The Morgan fingerprint density at radius 1 is 1.11 bits per heavy atom. The number of pyridine rings is 1. The first kappa shape index (κ1) is 26.2. The first-order valence-electron chi connectivity index (χ1n) is 11.5. The molecular weight excluding hydrogens is 502 g/mol. The van der Waals surface area contributed by atoms with Gasteiger partial charge in [0.2, 0.25) is 0 Å². The number of alkyl halides is 3. The minimum Gasteiger partial charge on any atom is -0.477 e. The highest BCUT2D eigenvalue weighted by atomic mass is 32.2. The largest absolute Gasteiger partial charge is 0.477 e. The fourth-order valence-electron chi connectivity index (χ4n) is 4.91. The molecule has 3 heterocycles. The van der Waals surface area contributed by atoms with Crippen LogP contribution in [-0.2, 0) is 20.8 Å². The standard InChI is InChI=1S/C24H27F4N3O4S/c1-23(2,35-20-10-14(25)4-8-19(20)24(26,27)28)22(32)30-15-11-16-5-6-17(12-15)31(16)21-9-7-18(13-29-21)36(3,33)34/h4,7-10,13,15-17H,5-6,11-12H2,1-3H3,(H,30,32)/t15-,16+,17-. The van der Waals surface area contributed by atoms with Gasteiger partial charge in [-0.3, -0.25) is 4.79 Å².